The Kier molecular flexibility index (Phi) is 5.17. The van der Waals surface area contributed by atoms with E-state index in [-0.39, 0.29) is 16.8 Å². The lowest BCUT2D eigenvalue weighted by Gasteiger charge is -2.16. The molecule has 2 aromatic rings. The Morgan fingerprint density at radius 2 is 1.71 bits per heavy atom. The highest BCUT2D eigenvalue weighted by Crippen LogP contribution is 2.37. The molecule has 0 amide bonds. The molecule has 2 nitrogen and oxygen atoms in total. The third kappa shape index (κ3) is 3.53. The lowest BCUT2D eigenvalue weighted by Crippen LogP contribution is -2.03. The number of alkyl halides is 1. The van der Waals surface area contributed by atoms with Crippen molar-refractivity contribution >= 4 is 15.9 Å². The minimum absolute atomic E-state index is 0.0456. The number of hydrogen-bond donors (Lipinski definition) is 0. The van der Waals surface area contributed by atoms with Gasteiger partial charge in [-0.05, 0) is 36.8 Å². The maximum absolute atomic E-state index is 13.7. The summed E-state index contributed by atoms with van der Waals surface area (Å²) in [5.41, 5.74) is 0.823. The SMILES string of the molecule is COc1ccc(OC)c(C(Br)Cc2c(F)cccc2F)c1. The molecule has 1 atom stereocenters. The van der Waals surface area contributed by atoms with Crippen LogP contribution in [0.15, 0.2) is 36.4 Å². The van der Waals surface area contributed by atoms with E-state index in [1.54, 1.807) is 32.4 Å². The lowest BCUT2D eigenvalue weighted by atomic mass is 10.0. The fourth-order valence-corrected chi connectivity index (χ4v) is 2.78. The van der Waals surface area contributed by atoms with Gasteiger partial charge in [-0.25, -0.2) is 8.78 Å². The number of hydrogen-bond acceptors (Lipinski definition) is 2. The molecule has 5 heteroatoms. The maximum Gasteiger partial charge on any atom is 0.129 e. The van der Waals surface area contributed by atoms with E-state index in [4.69, 9.17) is 9.47 Å². The van der Waals surface area contributed by atoms with E-state index in [0.29, 0.717) is 11.5 Å². The van der Waals surface area contributed by atoms with E-state index in [1.807, 2.05) is 0 Å². The van der Waals surface area contributed by atoms with Crippen molar-refractivity contribution in [1.29, 1.82) is 0 Å². The van der Waals surface area contributed by atoms with Crippen molar-refractivity contribution in [2.75, 3.05) is 14.2 Å². The second-order valence-corrected chi connectivity index (χ2v) is 5.59. The molecule has 0 aliphatic carbocycles. The van der Waals surface area contributed by atoms with Crippen molar-refractivity contribution in [1.82, 2.24) is 0 Å². The zero-order valence-electron chi connectivity index (χ0n) is 11.7. The zero-order valence-corrected chi connectivity index (χ0v) is 13.3. The quantitative estimate of drug-likeness (QED) is 0.725. The Morgan fingerprint density at radius 3 is 2.29 bits per heavy atom. The van der Waals surface area contributed by atoms with Gasteiger partial charge >= 0.3 is 0 Å². The molecule has 0 N–H and O–H groups in total. The van der Waals surface area contributed by atoms with E-state index in [2.05, 4.69) is 15.9 Å². The first-order valence-corrected chi connectivity index (χ1v) is 7.27. The van der Waals surface area contributed by atoms with Crippen molar-refractivity contribution in [3.8, 4) is 11.5 Å². The van der Waals surface area contributed by atoms with Crippen molar-refractivity contribution in [3.63, 3.8) is 0 Å². The van der Waals surface area contributed by atoms with E-state index in [0.717, 1.165) is 5.56 Å². The minimum Gasteiger partial charge on any atom is -0.497 e. The van der Waals surface area contributed by atoms with Crippen LogP contribution in [-0.4, -0.2) is 14.2 Å². The van der Waals surface area contributed by atoms with Crippen LogP contribution in [0.25, 0.3) is 0 Å². The minimum atomic E-state index is -0.554. The number of benzene rings is 2. The molecular formula is C16H15BrF2O2. The smallest absolute Gasteiger partial charge is 0.129 e. The van der Waals surface area contributed by atoms with Crippen molar-refractivity contribution in [2.24, 2.45) is 0 Å². The molecular weight excluding hydrogens is 342 g/mol. The highest BCUT2D eigenvalue weighted by Gasteiger charge is 2.19. The summed E-state index contributed by atoms with van der Waals surface area (Å²) >= 11 is 3.48. The van der Waals surface area contributed by atoms with Gasteiger partial charge in [-0.2, -0.15) is 0 Å². The number of ether oxygens (including phenoxy) is 2. The predicted octanol–water partition coefficient (Wildman–Crippen LogP) is 4.66. The summed E-state index contributed by atoms with van der Waals surface area (Å²) in [6, 6.07) is 9.17. The molecule has 0 saturated carbocycles. The summed E-state index contributed by atoms with van der Waals surface area (Å²) in [6.07, 6.45) is 0.169. The van der Waals surface area contributed by atoms with Gasteiger partial charge in [0.2, 0.25) is 0 Å². The van der Waals surface area contributed by atoms with E-state index >= 15 is 0 Å². The van der Waals surface area contributed by atoms with Gasteiger partial charge in [0.25, 0.3) is 0 Å². The molecule has 0 spiro atoms. The summed E-state index contributed by atoms with van der Waals surface area (Å²) < 4.78 is 37.9. The Hall–Kier alpha value is -1.62. The van der Waals surface area contributed by atoms with Crippen LogP contribution in [0.1, 0.15) is 16.0 Å². The van der Waals surface area contributed by atoms with Gasteiger partial charge in [0.1, 0.15) is 23.1 Å². The summed E-state index contributed by atoms with van der Waals surface area (Å²) in [6.45, 7) is 0. The maximum atomic E-state index is 13.7. The fourth-order valence-electron chi connectivity index (χ4n) is 2.10. The number of methoxy groups -OCH3 is 2. The lowest BCUT2D eigenvalue weighted by molar-refractivity contribution is 0.398. The van der Waals surface area contributed by atoms with Gasteiger partial charge in [-0.3, -0.25) is 0 Å². The Balaban J connectivity index is 2.33. The van der Waals surface area contributed by atoms with Crippen LogP contribution >= 0.6 is 15.9 Å². The second kappa shape index (κ2) is 6.89. The molecule has 0 aliphatic heterocycles. The van der Waals surface area contributed by atoms with Crippen molar-refractivity contribution in [2.45, 2.75) is 11.2 Å². The molecule has 0 bridgehead atoms. The molecule has 2 aromatic carbocycles. The van der Waals surface area contributed by atoms with Crippen LogP contribution in [0.3, 0.4) is 0 Å². The fraction of sp³-hybridized carbons (Fsp3) is 0.250. The highest BCUT2D eigenvalue weighted by molar-refractivity contribution is 9.09. The van der Waals surface area contributed by atoms with Crippen LogP contribution in [0, 0.1) is 11.6 Å². The van der Waals surface area contributed by atoms with Crippen LogP contribution in [0.5, 0.6) is 11.5 Å². The second-order valence-electron chi connectivity index (χ2n) is 4.48. The van der Waals surface area contributed by atoms with Crippen molar-refractivity contribution in [3.05, 3.63) is 59.2 Å². The Morgan fingerprint density at radius 1 is 1.05 bits per heavy atom. The molecule has 0 radical (unpaired) electrons. The summed E-state index contributed by atoms with van der Waals surface area (Å²) in [5, 5.41) is 0. The zero-order chi connectivity index (χ0) is 15.4. The average Bonchev–Trinajstić information content (AvgIpc) is 2.50. The molecule has 0 aliphatic rings. The van der Waals surface area contributed by atoms with Gasteiger partial charge < -0.3 is 9.47 Å². The standard InChI is InChI=1S/C16H15BrF2O2/c1-20-10-6-7-16(21-2)11(8-10)13(17)9-12-14(18)4-3-5-15(12)19/h3-8,13H,9H2,1-2H3. The first-order chi connectivity index (χ1) is 10.1. The summed E-state index contributed by atoms with van der Waals surface area (Å²) in [7, 11) is 3.11. The van der Waals surface area contributed by atoms with Gasteiger partial charge in [0.15, 0.2) is 0 Å². The molecule has 2 rings (SSSR count). The third-order valence-corrected chi connectivity index (χ3v) is 4.04. The summed E-state index contributed by atoms with van der Waals surface area (Å²) in [4.78, 5) is -0.297. The van der Waals surface area contributed by atoms with Crippen LogP contribution in [-0.2, 0) is 6.42 Å². The average molecular weight is 357 g/mol. The van der Waals surface area contributed by atoms with E-state index in [1.165, 1.54) is 18.2 Å². The molecule has 0 heterocycles. The van der Waals surface area contributed by atoms with E-state index in [9.17, 15) is 8.78 Å². The van der Waals surface area contributed by atoms with Gasteiger partial charge in [-0.15, -0.1) is 0 Å². The molecule has 112 valence electrons. The third-order valence-electron chi connectivity index (χ3n) is 3.22. The van der Waals surface area contributed by atoms with Gasteiger partial charge in [0.05, 0.1) is 14.2 Å². The first kappa shape index (κ1) is 15.8. The van der Waals surface area contributed by atoms with Crippen LogP contribution in [0.4, 0.5) is 8.78 Å². The summed E-state index contributed by atoms with van der Waals surface area (Å²) in [5.74, 6) is 0.182. The number of halogens is 3. The van der Waals surface area contributed by atoms with Crippen LogP contribution < -0.4 is 9.47 Å². The van der Waals surface area contributed by atoms with Crippen LogP contribution in [0.2, 0.25) is 0 Å². The Labute approximate surface area is 130 Å². The van der Waals surface area contributed by atoms with Gasteiger partial charge in [0, 0.05) is 16.0 Å². The monoisotopic (exact) mass is 356 g/mol. The molecule has 0 fully saturated rings. The normalized spacial score (nSPS) is 12.0. The molecule has 0 aromatic heterocycles. The first-order valence-electron chi connectivity index (χ1n) is 6.35. The molecule has 0 saturated heterocycles. The number of rotatable bonds is 5. The highest BCUT2D eigenvalue weighted by atomic mass is 79.9. The Bertz CT molecular complexity index is 611. The van der Waals surface area contributed by atoms with E-state index < -0.39 is 11.6 Å². The largest absolute Gasteiger partial charge is 0.497 e. The van der Waals surface area contributed by atoms with Crippen molar-refractivity contribution < 1.29 is 18.3 Å². The topological polar surface area (TPSA) is 18.5 Å². The predicted molar refractivity (Wildman–Crippen MR) is 81.3 cm³/mol. The molecule has 21 heavy (non-hydrogen) atoms. The molecule has 1 unspecified atom stereocenters. The van der Waals surface area contributed by atoms with Gasteiger partial charge in [-0.1, -0.05) is 22.0 Å².